The van der Waals surface area contributed by atoms with E-state index in [0.29, 0.717) is 12.3 Å². The van der Waals surface area contributed by atoms with Crippen molar-refractivity contribution in [3.63, 3.8) is 0 Å². The van der Waals surface area contributed by atoms with Crippen molar-refractivity contribution in [2.45, 2.75) is 39.5 Å². The van der Waals surface area contributed by atoms with Crippen LogP contribution in [0, 0.1) is 0 Å². The number of aromatic nitrogens is 1. The molecule has 14 heavy (non-hydrogen) atoms. The molecule has 0 aliphatic heterocycles. The number of carbonyl (C=O) groups is 1. The molecule has 0 saturated carbocycles. The number of aryl methyl sites for hydroxylation is 1. The number of rotatable bonds is 4. The van der Waals surface area contributed by atoms with Gasteiger partial charge in [-0.25, -0.2) is 0 Å². The van der Waals surface area contributed by atoms with Gasteiger partial charge in [0.1, 0.15) is 5.78 Å². The minimum atomic E-state index is 0.236. The Morgan fingerprint density at radius 2 is 2.14 bits per heavy atom. The normalized spacial score (nSPS) is 10.6. The van der Waals surface area contributed by atoms with Gasteiger partial charge in [-0.3, -0.25) is 4.98 Å². The first-order valence-corrected chi connectivity index (χ1v) is 5.03. The number of hydrogen-bond donors (Lipinski definition) is 0. The van der Waals surface area contributed by atoms with Gasteiger partial charge in [-0.2, -0.15) is 0 Å². The quantitative estimate of drug-likeness (QED) is 0.732. The van der Waals surface area contributed by atoms with Crippen LogP contribution in [0.3, 0.4) is 0 Å². The largest absolute Gasteiger partial charge is 0.300 e. The van der Waals surface area contributed by atoms with Crippen LogP contribution in [0.5, 0.6) is 0 Å². The van der Waals surface area contributed by atoms with E-state index in [9.17, 15) is 4.79 Å². The maximum Gasteiger partial charge on any atom is 0.130 e. The van der Waals surface area contributed by atoms with Gasteiger partial charge in [0, 0.05) is 18.8 Å². The molecule has 0 saturated heterocycles. The Labute approximate surface area is 85.4 Å². The van der Waals surface area contributed by atoms with Crippen LogP contribution in [0.4, 0.5) is 0 Å². The third kappa shape index (κ3) is 3.29. The van der Waals surface area contributed by atoms with Crippen molar-refractivity contribution in [3.05, 3.63) is 29.6 Å². The highest BCUT2D eigenvalue weighted by atomic mass is 16.1. The molecule has 0 atom stereocenters. The van der Waals surface area contributed by atoms with E-state index >= 15 is 0 Å². The predicted molar refractivity (Wildman–Crippen MR) is 57.3 cm³/mol. The number of carbonyl (C=O) groups excluding carboxylic acids is 1. The predicted octanol–water partition coefficient (Wildman–Crippen LogP) is 2.73. The van der Waals surface area contributed by atoms with Crippen molar-refractivity contribution in [2.24, 2.45) is 0 Å². The van der Waals surface area contributed by atoms with Crippen molar-refractivity contribution >= 4 is 5.78 Å². The molecule has 2 heteroatoms. The Morgan fingerprint density at radius 3 is 2.71 bits per heavy atom. The topological polar surface area (TPSA) is 30.0 Å². The van der Waals surface area contributed by atoms with Gasteiger partial charge in [0.05, 0.1) is 0 Å². The molecule has 2 nitrogen and oxygen atoms in total. The maximum absolute atomic E-state index is 10.8. The van der Waals surface area contributed by atoms with E-state index in [1.54, 1.807) is 6.92 Å². The molecule has 1 aromatic rings. The number of nitrogens with zero attached hydrogens (tertiary/aromatic N) is 1. The molecule has 0 unspecified atom stereocenters. The smallest absolute Gasteiger partial charge is 0.130 e. The van der Waals surface area contributed by atoms with Crippen LogP contribution in [0.2, 0.25) is 0 Å². The molecule has 0 amide bonds. The fourth-order valence-corrected chi connectivity index (χ4v) is 1.28. The highest BCUT2D eigenvalue weighted by molar-refractivity contribution is 5.75. The zero-order valence-electron chi connectivity index (χ0n) is 9.08. The number of ketones is 1. The molecule has 1 heterocycles. The van der Waals surface area contributed by atoms with E-state index in [4.69, 9.17) is 0 Å². The second kappa shape index (κ2) is 4.89. The lowest BCUT2D eigenvalue weighted by atomic mass is 10.0. The SMILES string of the molecule is CC(=O)CCc1cncc(C(C)C)c1. The Balaban J connectivity index is 2.68. The molecule has 76 valence electrons. The molecule has 0 N–H and O–H groups in total. The molecular weight excluding hydrogens is 174 g/mol. The molecule has 1 aromatic heterocycles. The zero-order valence-corrected chi connectivity index (χ0v) is 9.08. The summed E-state index contributed by atoms with van der Waals surface area (Å²) in [5, 5.41) is 0. The van der Waals surface area contributed by atoms with Gasteiger partial charge < -0.3 is 4.79 Å². The van der Waals surface area contributed by atoms with Gasteiger partial charge >= 0.3 is 0 Å². The summed E-state index contributed by atoms with van der Waals surface area (Å²) in [4.78, 5) is 15.0. The second-order valence-electron chi connectivity index (χ2n) is 3.98. The Bertz CT molecular complexity index is 318. The molecule has 0 spiro atoms. The van der Waals surface area contributed by atoms with Gasteiger partial charge in [0.25, 0.3) is 0 Å². The molecule has 0 aliphatic rings. The molecule has 0 radical (unpaired) electrons. The Morgan fingerprint density at radius 1 is 1.43 bits per heavy atom. The molecule has 1 rings (SSSR count). The lowest BCUT2D eigenvalue weighted by Crippen LogP contribution is -1.97. The minimum absolute atomic E-state index is 0.236. The first-order chi connectivity index (χ1) is 6.59. The van der Waals surface area contributed by atoms with Crippen LogP contribution >= 0.6 is 0 Å². The van der Waals surface area contributed by atoms with Crippen LogP contribution in [0.25, 0.3) is 0 Å². The van der Waals surface area contributed by atoms with Gasteiger partial charge in [0.2, 0.25) is 0 Å². The summed E-state index contributed by atoms with van der Waals surface area (Å²) in [6.07, 6.45) is 5.16. The van der Waals surface area contributed by atoms with E-state index in [2.05, 4.69) is 24.9 Å². The highest BCUT2D eigenvalue weighted by Crippen LogP contribution is 2.14. The standard InChI is InChI=1S/C12H17NO/c1-9(2)12-6-11(7-13-8-12)5-4-10(3)14/h6-9H,4-5H2,1-3H3. The first kappa shape index (κ1) is 10.9. The maximum atomic E-state index is 10.8. The summed E-state index contributed by atoms with van der Waals surface area (Å²) in [5.74, 6) is 0.736. The summed E-state index contributed by atoms with van der Waals surface area (Å²) in [6, 6.07) is 2.14. The summed E-state index contributed by atoms with van der Waals surface area (Å²) >= 11 is 0. The van der Waals surface area contributed by atoms with Gasteiger partial charge in [-0.05, 0) is 30.4 Å². The average Bonchev–Trinajstić information content (AvgIpc) is 2.15. The van der Waals surface area contributed by atoms with Crippen molar-refractivity contribution < 1.29 is 4.79 Å². The summed E-state index contributed by atoms with van der Waals surface area (Å²) < 4.78 is 0. The Kier molecular flexibility index (Phi) is 3.81. The van der Waals surface area contributed by atoms with Crippen LogP contribution < -0.4 is 0 Å². The molecular formula is C12H17NO. The van der Waals surface area contributed by atoms with E-state index in [1.807, 2.05) is 12.4 Å². The number of Topliss-reactive ketones (excluding diaryl/α,β-unsaturated/α-hetero) is 1. The third-order valence-corrected chi connectivity index (χ3v) is 2.25. The number of hydrogen-bond acceptors (Lipinski definition) is 2. The van der Waals surface area contributed by atoms with Crippen LogP contribution in [0.1, 0.15) is 44.2 Å². The van der Waals surface area contributed by atoms with Crippen molar-refractivity contribution in [2.75, 3.05) is 0 Å². The van der Waals surface area contributed by atoms with E-state index < -0.39 is 0 Å². The van der Waals surface area contributed by atoms with E-state index in [1.165, 1.54) is 5.56 Å². The van der Waals surface area contributed by atoms with Crippen LogP contribution in [-0.4, -0.2) is 10.8 Å². The van der Waals surface area contributed by atoms with Crippen LogP contribution in [0.15, 0.2) is 18.5 Å². The average molecular weight is 191 g/mol. The van der Waals surface area contributed by atoms with E-state index in [-0.39, 0.29) is 5.78 Å². The van der Waals surface area contributed by atoms with Crippen molar-refractivity contribution in [3.8, 4) is 0 Å². The highest BCUT2D eigenvalue weighted by Gasteiger charge is 2.02. The summed E-state index contributed by atoms with van der Waals surface area (Å²) in [7, 11) is 0. The van der Waals surface area contributed by atoms with Gasteiger partial charge in [-0.15, -0.1) is 0 Å². The summed E-state index contributed by atoms with van der Waals surface area (Å²) in [5.41, 5.74) is 2.40. The van der Waals surface area contributed by atoms with Crippen molar-refractivity contribution in [1.29, 1.82) is 0 Å². The lowest BCUT2D eigenvalue weighted by molar-refractivity contribution is -0.116. The molecule has 0 fully saturated rings. The molecule has 0 aromatic carbocycles. The lowest BCUT2D eigenvalue weighted by Gasteiger charge is -2.06. The molecule has 0 aliphatic carbocycles. The number of pyridine rings is 1. The van der Waals surface area contributed by atoms with Crippen LogP contribution in [-0.2, 0) is 11.2 Å². The fourth-order valence-electron chi connectivity index (χ4n) is 1.28. The van der Waals surface area contributed by atoms with Gasteiger partial charge in [0.15, 0.2) is 0 Å². The Hall–Kier alpha value is -1.18. The first-order valence-electron chi connectivity index (χ1n) is 5.03. The fraction of sp³-hybridized carbons (Fsp3) is 0.500. The molecule has 0 bridgehead atoms. The van der Waals surface area contributed by atoms with Crippen molar-refractivity contribution in [1.82, 2.24) is 4.98 Å². The minimum Gasteiger partial charge on any atom is -0.300 e. The summed E-state index contributed by atoms with van der Waals surface area (Å²) in [6.45, 7) is 5.91. The zero-order chi connectivity index (χ0) is 10.6. The third-order valence-electron chi connectivity index (χ3n) is 2.25. The second-order valence-corrected chi connectivity index (χ2v) is 3.98. The van der Waals surface area contributed by atoms with E-state index in [0.717, 1.165) is 12.0 Å². The monoisotopic (exact) mass is 191 g/mol. The van der Waals surface area contributed by atoms with Gasteiger partial charge in [-0.1, -0.05) is 19.9 Å².